The van der Waals surface area contributed by atoms with E-state index in [2.05, 4.69) is 28.7 Å². The SMILES string of the molecule is CCN(CC)c1ccc(C(=O)N2CCCC(Oc3ccncn3)C2)cc1. The van der Waals surface area contributed by atoms with Crippen molar-refractivity contribution in [3.05, 3.63) is 48.4 Å². The van der Waals surface area contributed by atoms with Gasteiger partial charge >= 0.3 is 0 Å². The number of nitrogens with zero attached hydrogens (tertiary/aromatic N) is 4. The minimum absolute atomic E-state index is 0.0300. The number of rotatable bonds is 6. The number of anilines is 1. The Balaban J connectivity index is 1.63. The number of amides is 1. The molecule has 1 saturated heterocycles. The van der Waals surface area contributed by atoms with Gasteiger partial charge in [-0.25, -0.2) is 9.97 Å². The molecule has 1 aliphatic rings. The molecule has 1 aromatic carbocycles. The summed E-state index contributed by atoms with van der Waals surface area (Å²) in [7, 11) is 0. The van der Waals surface area contributed by atoms with Crippen LogP contribution >= 0.6 is 0 Å². The van der Waals surface area contributed by atoms with Gasteiger partial charge in [0.1, 0.15) is 12.4 Å². The molecule has 6 heteroatoms. The van der Waals surface area contributed by atoms with Crippen molar-refractivity contribution in [3.8, 4) is 5.88 Å². The fraction of sp³-hybridized carbons (Fsp3) is 0.450. The van der Waals surface area contributed by atoms with Crippen molar-refractivity contribution in [1.29, 1.82) is 0 Å². The molecule has 1 aliphatic heterocycles. The second-order valence-electron chi connectivity index (χ2n) is 6.40. The first kappa shape index (κ1) is 18.2. The van der Waals surface area contributed by atoms with Crippen molar-refractivity contribution in [3.63, 3.8) is 0 Å². The van der Waals surface area contributed by atoms with E-state index < -0.39 is 0 Å². The maximum absolute atomic E-state index is 12.8. The molecule has 0 radical (unpaired) electrons. The van der Waals surface area contributed by atoms with Crippen LogP contribution in [0.3, 0.4) is 0 Å². The van der Waals surface area contributed by atoms with Crippen molar-refractivity contribution in [1.82, 2.24) is 14.9 Å². The van der Waals surface area contributed by atoms with E-state index in [9.17, 15) is 4.79 Å². The Morgan fingerprint density at radius 1 is 1.23 bits per heavy atom. The monoisotopic (exact) mass is 354 g/mol. The summed E-state index contributed by atoms with van der Waals surface area (Å²) in [5.74, 6) is 0.620. The molecule has 6 nitrogen and oxygen atoms in total. The molecule has 1 amide bonds. The number of aromatic nitrogens is 2. The first-order chi connectivity index (χ1) is 12.7. The van der Waals surface area contributed by atoms with Crippen molar-refractivity contribution >= 4 is 11.6 Å². The molecular formula is C20H26N4O2. The molecule has 1 unspecified atom stereocenters. The number of carbonyl (C=O) groups excluding carboxylic acids is 1. The van der Waals surface area contributed by atoms with Crippen molar-refractivity contribution in [2.75, 3.05) is 31.1 Å². The predicted molar refractivity (Wildman–Crippen MR) is 102 cm³/mol. The van der Waals surface area contributed by atoms with E-state index in [4.69, 9.17) is 4.74 Å². The molecule has 26 heavy (non-hydrogen) atoms. The number of ether oxygens (including phenoxy) is 1. The Morgan fingerprint density at radius 2 is 2.00 bits per heavy atom. The largest absolute Gasteiger partial charge is 0.472 e. The number of hydrogen-bond donors (Lipinski definition) is 0. The van der Waals surface area contributed by atoms with E-state index in [0.717, 1.165) is 43.7 Å². The van der Waals surface area contributed by atoms with Gasteiger partial charge in [0, 0.05) is 43.1 Å². The minimum Gasteiger partial charge on any atom is -0.472 e. The lowest BCUT2D eigenvalue weighted by molar-refractivity contribution is 0.0527. The maximum Gasteiger partial charge on any atom is 0.253 e. The minimum atomic E-state index is -0.0300. The Hall–Kier alpha value is -2.63. The molecule has 1 atom stereocenters. The van der Waals surface area contributed by atoms with E-state index in [1.807, 2.05) is 29.2 Å². The van der Waals surface area contributed by atoms with E-state index in [0.29, 0.717) is 12.4 Å². The second kappa shape index (κ2) is 8.65. The fourth-order valence-electron chi connectivity index (χ4n) is 3.32. The highest BCUT2D eigenvalue weighted by atomic mass is 16.5. The van der Waals surface area contributed by atoms with Gasteiger partial charge in [-0.3, -0.25) is 4.79 Å². The van der Waals surface area contributed by atoms with Crippen molar-refractivity contribution < 1.29 is 9.53 Å². The maximum atomic E-state index is 12.8. The van der Waals surface area contributed by atoms with Crippen LogP contribution in [-0.2, 0) is 0 Å². The lowest BCUT2D eigenvalue weighted by Gasteiger charge is -2.32. The molecule has 0 saturated carbocycles. The Morgan fingerprint density at radius 3 is 2.65 bits per heavy atom. The number of likely N-dealkylation sites (tertiary alicyclic amines) is 1. The van der Waals surface area contributed by atoms with E-state index in [-0.39, 0.29) is 12.0 Å². The molecule has 3 rings (SSSR count). The lowest BCUT2D eigenvalue weighted by atomic mass is 10.1. The zero-order valence-electron chi connectivity index (χ0n) is 15.5. The smallest absolute Gasteiger partial charge is 0.253 e. The first-order valence-corrected chi connectivity index (χ1v) is 9.28. The third-order valence-electron chi connectivity index (χ3n) is 4.75. The summed E-state index contributed by atoms with van der Waals surface area (Å²) in [4.78, 5) is 25.0. The van der Waals surface area contributed by atoms with Crippen LogP contribution < -0.4 is 9.64 Å². The van der Waals surface area contributed by atoms with Crippen molar-refractivity contribution in [2.45, 2.75) is 32.8 Å². The molecular weight excluding hydrogens is 328 g/mol. The van der Waals surface area contributed by atoms with Crippen LogP contribution in [0.4, 0.5) is 5.69 Å². The van der Waals surface area contributed by atoms with Crippen LogP contribution in [-0.4, -0.2) is 53.1 Å². The van der Waals surface area contributed by atoms with Crippen LogP contribution in [0, 0.1) is 0 Å². The summed E-state index contributed by atoms with van der Waals surface area (Å²) < 4.78 is 5.90. The number of piperidine rings is 1. The molecule has 0 N–H and O–H groups in total. The highest BCUT2D eigenvalue weighted by molar-refractivity contribution is 5.94. The van der Waals surface area contributed by atoms with Gasteiger partial charge in [0.05, 0.1) is 6.54 Å². The normalized spacial score (nSPS) is 17.0. The lowest BCUT2D eigenvalue weighted by Crippen LogP contribution is -2.44. The van der Waals surface area contributed by atoms with Crippen LogP contribution in [0.15, 0.2) is 42.9 Å². The summed E-state index contributed by atoms with van der Waals surface area (Å²) in [5.41, 5.74) is 1.87. The fourth-order valence-corrected chi connectivity index (χ4v) is 3.32. The number of carbonyl (C=O) groups is 1. The number of hydrogen-bond acceptors (Lipinski definition) is 5. The Kier molecular flexibility index (Phi) is 6.04. The third-order valence-corrected chi connectivity index (χ3v) is 4.75. The third kappa shape index (κ3) is 4.31. The summed E-state index contributed by atoms with van der Waals surface area (Å²) >= 11 is 0. The average molecular weight is 354 g/mol. The molecule has 0 spiro atoms. The molecule has 1 fully saturated rings. The van der Waals surface area contributed by atoms with E-state index in [1.54, 1.807) is 12.3 Å². The van der Waals surface area contributed by atoms with Gasteiger partial charge in [0.2, 0.25) is 5.88 Å². The first-order valence-electron chi connectivity index (χ1n) is 9.28. The quantitative estimate of drug-likeness (QED) is 0.798. The van der Waals surface area contributed by atoms with Crippen LogP contribution in [0.25, 0.3) is 0 Å². The van der Waals surface area contributed by atoms with Gasteiger partial charge in [-0.15, -0.1) is 0 Å². The zero-order chi connectivity index (χ0) is 18.4. The van der Waals surface area contributed by atoms with Crippen LogP contribution in [0.2, 0.25) is 0 Å². The summed E-state index contributed by atoms with van der Waals surface area (Å²) in [6, 6.07) is 9.64. The molecule has 0 aliphatic carbocycles. The van der Waals surface area contributed by atoms with Crippen molar-refractivity contribution in [2.24, 2.45) is 0 Å². The highest BCUT2D eigenvalue weighted by Crippen LogP contribution is 2.20. The molecule has 0 bridgehead atoms. The van der Waals surface area contributed by atoms with Gasteiger partial charge in [0.15, 0.2) is 0 Å². The van der Waals surface area contributed by atoms with Gasteiger partial charge in [-0.2, -0.15) is 0 Å². The van der Waals surface area contributed by atoms with Crippen LogP contribution in [0.1, 0.15) is 37.0 Å². The van der Waals surface area contributed by atoms with Gasteiger partial charge in [0.25, 0.3) is 5.91 Å². The molecule has 2 aromatic rings. The zero-order valence-corrected chi connectivity index (χ0v) is 15.5. The summed E-state index contributed by atoms with van der Waals surface area (Å²) in [6.07, 6.45) is 4.95. The molecule has 1 aromatic heterocycles. The summed E-state index contributed by atoms with van der Waals surface area (Å²) in [5, 5.41) is 0. The summed E-state index contributed by atoms with van der Waals surface area (Å²) in [6.45, 7) is 7.53. The predicted octanol–water partition coefficient (Wildman–Crippen LogP) is 3.01. The number of benzene rings is 1. The Labute approximate surface area is 154 Å². The standard InChI is InChI=1S/C20H26N4O2/c1-3-23(4-2)17-9-7-16(8-10-17)20(25)24-13-5-6-18(14-24)26-19-11-12-21-15-22-19/h7-12,15,18H,3-6,13-14H2,1-2H3. The van der Waals surface area contributed by atoms with Crippen LogP contribution in [0.5, 0.6) is 5.88 Å². The van der Waals surface area contributed by atoms with Gasteiger partial charge in [-0.1, -0.05) is 0 Å². The highest BCUT2D eigenvalue weighted by Gasteiger charge is 2.26. The molecule has 2 heterocycles. The van der Waals surface area contributed by atoms with E-state index >= 15 is 0 Å². The van der Waals surface area contributed by atoms with E-state index in [1.165, 1.54) is 6.33 Å². The second-order valence-corrected chi connectivity index (χ2v) is 6.40. The van der Waals surface area contributed by atoms with Gasteiger partial charge < -0.3 is 14.5 Å². The topological polar surface area (TPSA) is 58.6 Å². The van der Waals surface area contributed by atoms with Gasteiger partial charge in [-0.05, 0) is 51.0 Å². The Bertz CT molecular complexity index is 702. The molecule has 138 valence electrons. The average Bonchev–Trinajstić information content (AvgIpc) is 2.70.